The van der Waals surface area contributed by atoms with Crippen molar-refractivity contribution >= 4 is 0 Å². The fraction of sp³-hybridized carbons (Fsp3) is 0.962. The maximum Gasteiger partial charge on any atom is 0.187 e. The van der Waals surface area contributed by atoms with Crippen LogP contribution in [-0.4, -0.2) is 256 Å². The second kappa shape index (κ2) is 21.8. The summed E-state index contributed by atoms with van der Waals surface area (Å²) >= 11 is 0. The summed E-state index contributed by atoms with van der Waals surface area (Å²) in [5.41, 5.74) is -3.38. The lowest BCUT2D eigenvalue weighted by atomic mass is 9.33. The molecule has 4 aliphatic heterocycles. The lowest BCUT2D eigenvalue weighted by Crippen LogP contribution is -2.72. The van der Waals surface area contributed by atoms with Crippen LogP contribution in [0.1, 0.15) is 93.4 Å². The van der Waals surface area contributed by atoms with E-state index in [0.29, 0.717) is 38.5 Å². The van der Waals surface area contributed by atoms with E-state index in [-0.39, 0.29) is 23.7 Å². The summed E-state index contributed by atoms with van der Waals surface area (Å²) in [6.07, 6.45) is -29.7. The van der Waals surface area contributed by atoms with E-state index in [1.165, 1.54) is 0 Å². The van der Waals surface area contributed by atoms with Crippen LogP contribution in [0.2, 0.25) is 0 Å². The smallest absolute Gasteiger partial charge is 0.187 e. The Labute approximate surface area is 448 Å². The van der Waals surface area contributed by atoms with E-state index in [4.69, 9.17) is 37.9 Å². The first-order valence-corrected chi connectivity index (χ1v) is 27.5. The number of hydrogen-bond acceptors (Lipinski definition) is 24. The molecule has 0 amide bonds. The van der Waals surface area contributed by atoms with Crippen LogP contribution in [0.25, 0.3) is 0 Å². The van der Waals surface area contributed by atoms with E-state index in [9.17, 15) is 81.7 Å². The zero-order valence-corrected chi connectivity index (χ0v) is 45.0. The van der Waals surface area contributed by atoms with E-state index in [2.05, 4.69) is 40.7 Å². The quantitative estimate of drug-likeness (QED) is 0.0654. The first-order chi connectivity index (χ1) is 36.0. The Morgan fingerprint density at radius 2 is 1.09 bits per heavy atom. The molecule has 30 atom stereocenters. The molecule has 5 aliphatic carbocycles. The van der Waals surface area contributed by atoms with Gasteiger partial charge in [0.2, 0.25) is 0 Å². The largest absolute Gasteiger partial charge is 0.396 e. The van der Waals surface area contributed by atoms with E-state index in [0.717, 1.165) is 5.57 Å². The molecule has 24 heteroatoms. The molecule has 444 valence electrons. The number of rotatable bonds is 12. The van der Waals surface area contributed by atoms with Gasteiger partial charge in [0.15, 0.2) is 25.2 Å². The van der Waals surface area contributed by atoms with Crippen LogP contribution in [0.3, 0.4) is 0 Å². The second-order valence-corrected chi connectivity index (χ2v) is 26.1. The Kier molecular flexibility index (Phi) is 17.1. The highest BCUT2D eigenvalue weighted by atomic mass is 16.8. The van der Waals surface area contributed by atoms with Crippen molar-refractivity contribution in [3.8, 4) is 0 Å². The Hall–Kier alpha value is -1.22. The summed E-state index contributed by atoms with van der Waals surface area (Å²) in [6, 6.07) is 0. The van der Waals surface area contributed by atoms with Gasteiger partial charge in [0, 0.05) is 0 Å². The fourth-order valence-corrected chi connectivity index (χ4v) is 16.7. The summed E-state index contributed by atoms with van der Waals surface area (Å²) in [5, 5.41) is 175. The van der Waals surface area contributed by atoms with Gasteiger partial charge in [-0.1, -0.05) is 60.1 Å². The molecule has 4 saturated carbocycles. The molecule has 0 radical (unpaired) electrons. The van der Waals surface area contributed by atoms with Gasteiger partial charge in [-0.15, -0.1) is 0 Å². The molecule has 9 rings (SSSR count). The molecular weight excluding hydrogens is 1020 g/mol. The van der Waals surface area contributed by atoms with E-state index in [1.807, 2.05) is 13.8 Å². The van der Waals surface area contributed by atoms with Crippen molar-refractivity contribution in [3.05, 3.63) is 11.6 Å². The topological polar surface area (TPSA) is 398 Å². The Balaban J connectivity index is 0.991. The minimum Gasteiger partial charge on any atom is -0.396 e. The average Bonchev–Trinajstić information content (AvgIpc) is 3.46. The van der Waals surface area contributed by atoms with Crippen LogP contribution < -0.4 is 0 Å². The van der Waals surface area contributed by atoms with E-state index < -0.39 is 207 Å². The van der Waals surface area contributed by atoms with Gasteiger partial charge in [-0.05, 0) is 89.8 Å². The number of aliphatic hydroxyl groups is 16. The van der Waals surface area contributed by atoms with Gasteiger partial charge < -0.3 is 120 Å². The predicted molar refractivity (Wildman–Crippen MR) is 261 cm³/mol. The van der Waals surface area contributed by atoms with Gasteiger partial charge in [0.05, 0.1) is 62.9 Å². The maximum atomic E-state index is 12.6. The zero-order valence-electron chi connectivity index (χ0n) is 45.0. The van der Waals surface area contributed by atoms with Crippen LogP contribution in [-0.2, 0) is 37.9 Å². The summed E-state index contributed by atoms with van der Waals surface area (Å²) in [5.74, 6) is -0.474. The molecule has 1 unspecified atom stereocenters. The lowest BCUT2D eigenvalue weighted by Gasteiger charge is -2.72. The maximum absolute atomic E-state index is 12.6. The molecule has 0 bridgehead atoms. The highest BCUT2D eigenvalue weighted by molar-refractivity contribution is 5.36. The van der Waals surface area contributed by atoms with Crippen molar-refractivity contribution in [2.24, 2.45) is 50.2 Å². The molecule has 24 nitrogen and oxygen atoms in total. The fourth-order valence-electron chi connectivity index (χ4n) is 16.7. The van der Waals surface area contributed by atoms with Crippen LogP contribution in [0.5, 0.6) is 0 Å². The summed E-state index contributed by atoms with van der Waals surface area (Å²) in [4.78, 5) is 0. The van der Waals surface area contributed by atoms with Crippen molar-refractivity contribution in [3.63, 3.8) is 0 Å². The van der Waals surface area contributed by atoms with Gasteiger partial charge >= 0.3 is 0 Å². The summed E-state index contributed by atoms with van der Waals surface area (Å²) in [6.45, 7) is 11.5. The zero-order chi connectivity index (χ0) is 56.4. The minimum atomic E-state index is -1.92. The van der Waals surface area contributed by atoms with Gasteiger partial charge in [0.25, 0.3) is 0 Å². The van der Waals surface area contributed by atoms with Crippen LogP contribution in [0.15, 0.2) is 11.6 Å². The van der Waals surface area contributed by atoms with Gasteiger partial charge in [-0.25, -0.2) is 0 Å². The summed E-state index contributed by atoms with van der Waals surface area (Å²) in [7, 11) is 0. The third kappa shape index (κ3) is 9.45. The van der Waals surface area contributed by atoms with Crippen molar-refractivity contribution in [2.75, 3.05) is 33.0 Å². The molecule has 77 heavy (non-hydrogen) atoms. The Morgan fingerprint density at radius 1 is 0.545 bits per heavy atom. The van der Waals surface area contributed by atoms with Crippen molar-refractivity contribution in [2.45, 2.75) is 235 Å². The highest BCUT2D eigenvalue weighted by Crippen LogP contribution is 2.76. The molecule has 8 fully saturated rings. The van der Waals surface area contributed by atoms with Crippen LogP contribution in [0, 0.1) is 50.2 Å². The SMILES string of the molecule is CC1(C)C[C@H]2C3=CCC4[C@@]5(C)CC[C@H](O[C@@H]6O[C@H](CO)[C@@H](O)[C@H](O[C@@H]7OC[C@@H](O)[C@@H](O)[C@@H]7O)[C@H]6O[C@@H]6O[C@H](CO)[C@@H](O)[C@H](O)[C@H]6O)C(C)(C)[C@@H]5CC[C@@]4(C)[C@]3(C)C[C@@H](O)[C@@]2(CO)[C@@H](O)[C@@H]1O[C@@H]1O[C@H](CO)[C@@H](O)[C@H](O)[C@H]1O. The van der Waals surface area contributed by atoms with Crippen molar-refractivity contribution < 1.29 is 120 Å². The van der Waals surface area contributed by atoms with Gasteiger partial charge in [0.1, 0.15) is 91.6 Å². The number of allylic oxidation sites excluding steroid dienone is 2. The molecule has 9 aliphatic rings. The normalized spacial score (nSPS) is 55.5. The minimum absolute atomic E-state index is 0.00966. The van der Waals surface area contributed by atoms with Gasteiger partial charge in [-0.2, -0.15) is 0 Å². The number of ether oxygens (including phenoxy) is 8. The van der Waals surface area contributed by atoms with Crippen LogP contribution >= 0.6 is 0 Å². The number of hydrogen-bond donors (Lipinski definition) is 16. The lowest BCUT2D eigenvalue weighted by molar-refractivity contribution is -0.396. The molecule has 4 heterocycles. The first-order valence-electron chi connectivity index (χ1n) is 27.5. The molecule has 4 saturated heterocycles. The molecule has 16 N–H and O–H groups in total. The molecule has 0 aromatic rings. The van der Waals surface area contributed by atoms with E-state index >= 15 is 0 Å². The molecule has 0 spiro atoms. The third-order valence-corrected chi connectivity index (χ3v) is 21.4. The Morgan fingerprint density at radius 3 is 1.68 bits per heavy atom. The van der Waals surface area contributed by atoms with Crippen molar-refractivity contribution in [1.82, 2.24) is 0 Å². The highest BCUT2D eigenvalue weighted by Gasteiger charge is 2.73. The average molecular weight is 1110 g/mol. The first kappa shape index (κ1) is 60.4. The monoisotopic (exact) mass is 1110 g/mol. The third-order valence-electron chi connectivity index (χ3n) is 21.4. The number of aliphatic hydroxyl groups excluding tert-OH is 16. The summed E-state index contributed by atoms with van der Waals surface area (Å²) < 4.78 is 49.0. The van der Waals surface area contributed by atoms with E-state index in [1.54, 1.807) is 0 Å². The Bertz CT molecular complexity index is 2080. The second-order valence-electron chi connectivity index (χ2n) is 26.1. The van der Waals surface area contributed by atoms with Crippen LogP contribution in [0.4, 0.5) is 0 Å². The number of fused-ring (bicyclic) bond motifs is 7. The van der Waals surface area contributed by atoms with Gasteiger partial charge in [-0.3, -0.25) is 0 Å². The van der Waals surface area contributed by atoms with Crippen molar-refractivity contribution in [1.29, 1.82) is 0 Å². The predicted octanol–water partition coefficient (Wildman–Crippen LogP) is -4.01. The standard InChI is InChI=1S/C53H88O24/c1-48(2)14-22-21-8-9-28-50(5)12-11-30(74-47-41(76-45-38(67)35(64)32(61)24(16-54)71-45)40(34(63)26(18-56)73-47)75-44-37(66)31(60)23(58)19-70-44)49(3,4)27(50)10-13-51(28,6)52(21,7)15-29(59)53(22,20-57)42(69)43(48)77-46-39(68)36(65)33(62)25(17-55)72-46/h8,22-47,54-69H,9-20H2,1-7H3/t22-,23+,24+,25+,26+,27-,28?,29+,30-,31+,32+,33+,34+,35-,36-,37-,38+,39+,40-,41+,42-,43-,44-,45-,46-,47-,50-,51+,52+,53-/m0/s1. The molecular formula is C53H88O24. The molecule has 0 aromatic carbocycles. The molecule has 0 aromatic heterocycles.